The number of hydrogen-bond acceptors (Lipinski definition) is 3. The molecule has 0 saturated heterocycles. The maximum atomic E-state index is 12.9. The molecule has 2 N–H and O–H groups in total. The van der Waals surface area contributed by atoms with Gasteiger partial charge in [0, 0.05) is 24.8 Å². The van der Waals surface area contributed by atoms with Gasteiger partial charge in [0.05, 0.1) is 14.2 Å². The molecule has 0 radical (unpaired) electrons. The highest BCUT2D eigenvalue weighted by Gasteiger charge is 2.06. The van der Waals surface area contributed by atoms with E-state index in [1.54, 1.807) is 26.4 Å². The van der Waals surface area contributed by atoms with Crippen LogP contribution >= 0.6 is 0 Å². The second-order valence-corrected chi connectivity index (χ2v) is 5.33. The minimum absolute atomic E-state index is 0.226. The Morgan fingerprint density at radius 1 is 1.04 bits per heavy atom. The van der Waals surface area contributed by atoms with Crippen molar-refractivity contribution in [3.05, 3.63) is 53.8 Å². The van der Waals surface area contributed by atoms with Gasteiger partial charge < -0.3 is 20.1 Å². The third kappa shape index (κ3) is 5.67. The smallest absolute Gasteiger partial charge is 0.195 e. The summed E-state index contributed by atoms with van der Waals surface area (Å²) in [6.07, 6.45) is 0.739. The summed E-state index contributed by atoms with van der Waals surface area (Å²) >= 11 is 0. The average Bonchev–Trinajstić information content (AvgIpc) is 2.63. The number of nitrogens with one attached hydrogen (secondary N) is 2. The Morgan fingerprint density at radius 3 is 2.40 bits per heavy atom. The van der Waals surface area contributed by atoms with Crippen LogP contribution in [0.15, 0.2) is 47.5 Å². The van der Waals surface area contributed by atoms with E-state index in [2.05, 4.69) is 15.6 Å². The van der Waals surface area contributed by atoms with Gasteiger partial charge in [-0.1, -0.05) is 12.1 Å². The van der Waals surface area contributed by atoms with E-state index in [0.717, 1.165) is 24.2 Å². The normalized spacial score (nSPS) is 11.1. The molecule has 0 bridgehead atoms. The number of aliphatic imine (C=N–C) groups is 1. The first-order valence-corrected chi connectivity index (χ1v) is 8.18. The van der Waals surface area contributed by atoms with Crippen LogP contribution in [0.25, 0.3) is 0 Å². The Hall–Kier alpha value is -2.76. The van der Waals surface area contributed by atoms with Crippen molar-refractivity contribution in [2.75, 3.05) is 32.6 Å². The molecule has 0 aromatic heterocycles. The molecule has 2 rings (SSSR count). The first kappa shape index (κ1) is 18.6. The van der Waals surface area contributed by atoms with Gasteiger partial charge >= 0.3 is 0 Å². The van der Waals surface area contributed by atoms with Crippen LogP contribution in [0.3, 0.4) is 0 Å². The fraction of sp³-hybridized carbons (Fsp3) is 0.316. The summed E-state index contributed by atoms with van der Waals surface area (Å²) in [7, 11) is 3.20. The molecule has 0 atom stereocenters. The standard InChI is InChI=1S/C19H24FN3O2/c1-4-21-19(22-12-11-14-5-7-15(20)8-6-14)23-16-9-10-17(24-2)18(13-16)25-3/h5-10,13H,4,11-12H2,1-3H3,(H2,21,22,23). The van der Waals surface area contributed by atoms with Crippen LogP contribution in [0.2, 0.25) is 0 Å². The SMILES string of the molecule is CCNC(=NCCc1ccc(F)cc1)Nc1ccc(OC)c(OC)c1. The molecular weight excluding hydrogens is 321 g/mol. The van der Waals surface area contributed by atoms with Crippen LogP contribution in [-0.2, 0) is 6.42 Å². The monoisotopic (exact) mass is 345 g/mol. The summed E-state index contributed by atoms with van der Waals surface area (Å²) in [5.74, 6) is 1.77. The molecule has 134 valence electrons. The zero-order valence-corrected chi connectivity index (χ0v) is 14.8. The number of rotatable bonds is 7. The Balaban J connectivity index is 2.03. The van der Waals surface area contributed by atoms with E-state index in [-0.39, 0.29) is 5.82 Å². The fourth-order valence-electron chi connectivity index (χ4n) is 2.31. The number of benzene rings is 2. The van der Waals surface area contributed by atoms with Crippen molar-refractivity contribution in [1.82, 2.24) is 5.32 Å². The van der Waals surface area contributed by atoms with Crippen LogP contribution in [0.1, 0.15) is 12.5 Å². The molecule has 5 nitrogen and oxygen atoms in total. The predicted molar refractivity (Wildman–Crippen MR) is 99.3 cm³/mol. The second kappa shape index (κ2) is 9.52. The van der Waals surface area contributed by atoms with Crippen LogP contribution in [0, 0.1) is 5.82 Å². The highest BCUT2D eigenvalue weighted by Crippen LogP contribution is 2.29. The van der Waals surface area contributed by atoms with Gasteiger partial charge in [-0.25, -0.2) is 4.39 Å². The predicted octanol–water partition coefficient (Wildman–Crippen LogP) is 3.46. The van der Waals surface area contributed by atoms with Crippen LogP contribution in [0.5, 0.6) is 11.5 Å². The summed E-state index contributed by atoms with van der Waals surface area (Å²) < 4.78 is 23.5. The molecule has 2 aromatic rings. The topological polar surface area (TPSA) is 54.9 Å². The Morgan fingerprint density at radius 2 is 1.76 bits per heavy atom. The molecular formula is C19H24FN3O2. The second-order valence-electron chi connectivity index (χ2n) is 5.33. The lowest BCUT2D eigenvalue weighted by atomic mass is 10.1. The highest BCUT2D eigenvalue weighted by molar-refractivity contribution is 5.93. The summed E-state index contributed by atoms with van der Waals surface area (Å²) in [5, 5.41) is 6.44. The largest absolute Gasteiger partial charge is 0.493 e. The number of nitrogens with zero attached hydrogens (tertiary/aromatic N) is 1. The molecule has 0 saturated carbocycles. The van der Waals surface area contributed by atoms with E-state index in [1.807, 2.05) is 25.1 Å². The van der Waals surface area contributed by atoms with Crippen molar-refractivity contribution in [1.29, 1.82) is 0 Å². The maximum absolute atomic E-state index is 12.9. The summed E-state index contributed by atoms with van der Waals surface area (Å²) in [5.41, 5.74) is 1.89. The van der Waals surface area contributed by atoms with Gasteiger partial charge in [0.2, 0.25) is 0 Å². The third-order valence-electron chi connectivity index (χ3n) is 3.57. The van der Waals surface area contributed by atoms with Gasteiger partial charge in [0.15, 0.2) is 17.5 Å². The van der Waals surface area contributed by atoms with Crippen molar-refractivity contribution in [3.63, 3.8) is 0 Å². The van der Waals surface area contributed by atoms with Gasteiger partial charge in [0.25, 0.3) is 0 Å². The van der Waals surface area contributed by atoms with E-state index in [9.17, 15) is 4.39 Å². The van der Waals surface area contributed by atoms with Gasteiger partial charge in [-0.3, -0.25) is 4.99 Å². The lowest BCUT2D eigenvalue weighted by Crippen LogP contribution is -2.30. The van der Waals surface area contributed by atoms with Crippen molar-refractivity contribution in [3.8, 4) is 11.5 Å². The van der Waals surface area contributed by atoms with Crippen molar-refractivity contribution in [2.24, 2.45) is 4.99 Å². The Kier molecular flexibility index (Phi) is 7.07. The number of ether oxygens (including phenoxy) is 2. The Labute approximate surface area is 147 Å². The van der Waals surface area contributed by atoms with Crippen LogP contribution < -0.4 is 20.1 Å². The van der Waals surface area contributed by atoms with E-state index in [0.29, 0.717) is 24.0 Å². The molecule has 0 heterocycles. The molecule has 0 amide bonds. The van der Waals surface area contributed by atoms with Crippen molar-refractivity contribution < 1.29 is 13.9 Å². The van der Waals surface area contributed by atoms with E-state index < -0.39 is 0 Å². The molecule has 6 heteroatoms. The molecule has 0 unspecified atom stereocenters. The molecule has 0 aliphatic carbocycles. The molecule has 2 aromatic carbocycles. The minimum Gasteiger partial charge on any atom is -0.493 e. The average molecular weight is 345 g/mol. The van der Waals surface area contributed by atoms with Gasteiger partial charge in [-0.2, -0.15) is 0 Å². The fourth-order valence-corrected chi connectivity index (χ4v) is 2.31. The number of anilines is 1. The zero-order chi connectivity index (χ0) is 18.1. The van der Waals surface area contributed by atoms with Gasteiger partial charge in [-0.15, -0.1) is 0 Å². The van der Waals surface area contributed by atoms with Crippen molar-refractivity contribution >= 4 is 11.6 Å². The summed E-state index contributed by atoms with van der Waals surface area (Å²) in [6.45, 7) is 3.34. The molecule has 0 spiro atoms. The lowest BCUT2D eigenvalue weighted by Gasteiger charge is -2.13. The number of halogens is 1. The molecule has 25 heavy (non-hydrogen) atoms. The molecule has 0 aliphatic rings. The zero-order valence-electron chi connectivity index (χ0n) is 14.8. The Bertz CT molecular complexity index is 702. The number of methoxy groups -OCH3 is 2. The highest BCUT2D eigenvalue weighted by atomic mass is 19.1. The molecule has 0 aliphatic heterocycles. The maximum Gasteiger partial charge on any atom is 0.195 e. The lowest BCUT2D eigenvalue weighted by molar-refractivity contribution is 0.355. The minimum atomic E-state index is -0.226. The van der Waals surface area contributed by atoms with E-state index in [4.69, 9.17) is 9.47 Å². The number of guanidine groups is 1. The van der Waals surface area contributed by atoms with Crippen LogP contribution in [0.4, 0.5) is 10.1 Å². The van der Waals surface area contributed by atoms with E-state index >= 15 is 0 Å². The van der Waals surface area contributed by atoms with Gasteiger partial charge in [0.1, 0.15) is 5.82 Å². The van der Waals surface area contributed by atoms with Crippen molar-refractivity contribution in [2.45, 2.75) is 13.3 Å². The quantitative estimate of drug-likeness (QED) is 0.596. The number of hydrogen-bond donors (Lipinski definition) is 2. The van der Waals surface area contributed by atoms with E-state index in [1.165, 1.54) is 12.1 Å². The molecule has 0 fully saturated rings. The summed E-state index contributed by atoms with van der Waals surface area (Å²) in [4.78, 5) is 4.55. The van der Waals surface area contributed by atoms with Crippen LogP contribution in [-0.4, -0.2) is 33.3 Å². The first-order valence-electron chi connectivity index (χ1n) is 8.18. The van der Waals surface area contributed by atoms with Gasteiger partial charge in [-0.05, 0) is 43.2 Å². The third-order valence-corrected chi connectivity index (χ3v) is 3.57. The summed E-state index contributed by atoms with van der Waals surface area (Å²) in [6, 6.07) is 12.1. The first-order chi connectivity index (χ1) is 12.2.